The number of aryl methyl sites for hydroxylation is 2. The van der Waals surface area contributed by atoms with Crippen LogP contribution in [0.3, 0.4) is 0 Å². The molecule has 0 saturated heterocycles. The summed E-state index contributed by atoms with van der Waals surface area (Å²) in [6.07, 6.45) is -2.54. The fraction of sp³-hybridized carbons (Fsp3) is 0.533. The van der Waals surface area contributed by atoms with Gasteiger partial charge in [-0.25, -0.2) is 8.78 Å². The van der Waals surface area contributed by atoms with Crippen LogP contribution in [0.15, 0.2) is 21.5 Å². The predicted octanol–water partition coefficient (Wildman–Crippen LogP) is 3.90. The van der Waals surface area contributed by atoms with Crippen molar-refractivity contribution >= 4 is 33.6 Å². The first-order valence-corrected chi connectivity index (χ1v) is 8.57. The zero-order valence-electron chi connectivity index (χ0n) is 12.9. The fourth-order valence-electron chi connectivity index (χ4n) is 1.83. The molecule has 0 aromatic heterocycles. The average Bonchev–Trinajstić information content (AvgIpc) is 2.45. The normalized spacial score (nSPS) is 11.0. The molecule has 0 radical (unpaired) electrons. The molecule has 1 rings (SSSR count). The molecule has 1 aromatic rings. The Hall–Kier alpha value is -0.660. The summed E-state index contributed by atoms with van der Waals surface area (Å²) in [5.74, 6) is -0.166. The Morgan fingerprint density at radius 1 is 1.36 bits per heavy atom. The molecule has 0 fully saturated rings. The van der Waals surface area contributed by atoms with E-state index in [1.165, 1.54) is 18.9 Å². The van der Waals surface area contributed by atoms with Crippen LogP contribution in [0.2, 0.25) is 0 Å². The van der Waals surface area contributed by atoms with Crippen molar-refractivity contribution in [1.29, 1.82) is 0 Å². The number of hydrogen-bond donors (Lipinski definition) is 0. The molecule has 0 atom stereocenters. The number of halogens is 3. The van der Waals surface area contributed by atoms with E-state index < -0.39 is 13.0 Å². The van der Waals surface area contributed by atoms with Crippen molar-refractivity contribution in [3.8, 4) is 0 Å². The molecule has 3 nitrogen and oxygen atoms in total. The first-order valence-electron chi connectivity index (χ1n) is 6.79. The van der Waals surface area contributed by atoms with Crippen molar-refractivity contribution in [3.05, 3.63) is 27.7 Å². The lowest BCUT2D eigenvalue weighted by Crippen LogP contribution is -2.38. The van der Waals surface area contributed by atoms with Gasteiger partial charge in [0, 0.05) is 23.0 Å². The van der Waals surface area contributed by atoms with E-state index in [0.29, 0.717) is 0 Å². The SMILES string of the molecule is COCCN(CC(F)F)C(=O)CSc1cc(C)c(Br)cc1C. The van der Waals surface area contributed by atoms with Gasteiger partial charge in [0.25, 0.3) is 6.43 Å². The Balaban J connectivity index is 2.67. The van der Waals surface area contributed by atoms with E-state index >= 15 is 0 Å². The summed E-state index contributed by atoms with van der Waals surface area (Å²) in [5.41, 5.74) is 2.12. The van der Waals surface area contributed by atoms with Crippen molar-refractivity contribution in [1.82, 2.24) is 4.90 Å². The summed E-state index contributed by atoms with van der Waals surface area (Å²) < 4.78 is 31.0. The van der Waals surface area contributed by atoms with Gasteiger partial charge in [0.1, 0.15) is 0 Å². The van der Waals surface area contributed by atoms with E-state index in [1.807, 2.05) is 26.0 Å². The van der Waals surface area contributed by atoms with Crippen LogP contribution in [0.25, 0.3) is 0 Å². The Labute approximate surface area is 142 Å². The van der Waals surface area contributed by atoms with Gasteiger partial charge in [-0.1, -0.05) is 15.9 Å². The molecule has 0 aliphatic rings. The van der Waals surface area contributed by atoms with Crippen molar-refractivity contribution in [3.63, 3.8) is 0 Å². The van der Waals surface area contributed by atoms with Crippen LogP contribution >= 0.6 is 27.7 Å². The van der Waals surface area contributed by atoms with Gasteiger partial charge >= 0.3 is 0 Å². The van der Waals surface area contributed by atoms with Crippen LogP contribution in [0.1, 0.15) is 11.1 Å². The summed E-state index contributed by atoms with van der Waals surface area (Å²) in [6, 6.07) is 3.98. The molecule has 1 amide bonds. The molecule has 0 aliphatic carbocycles. The van der Waals surface area contributed by atoms with Crippen LogP contribution in [0.4, 0.5) is 8.78 Å². The highest BCUT2D eigenvalue weighted by molar-refractivity contribution is 9.10. The first kappa shape index (κ1) is 19.4. The molecule has 0 bridgehead atoms. The highest BCUT2D eigenvalue weighted by atomic mass is 79.9. The second-order valence-corrected chi connectivity index (χ2v) is 6.75. The molecule has 124 valence electrons. The van der Waals surface area contributed by atoms with E-state index in [4.69, 9.17) is 4.74 Å². The molecule has 22 heavy (non-hydrogen) atoms. The van der Waals surface area contributed by atoms with E-state index in [1.54, 1.807) is 0 Å². The number of nitrogens with zero attached hydrogens (tertiary/aromatic N) is 1. The van der Waals surface area contributed by atoms with Crippen LogP contribution in [0.5, 0.6) is 0 Å². The Morgan fingerprint density at radius 2 is 2.05 bits per heavy atom. The Bertz CT molecular complexity index is 515. The van der Waals surface area contributed by atoms with Gasteiger partial charge in [0.05, 0.1) is 18.9 Å². The van der Waals surface area contributed by atoms with Crippen LogP contribution in [-0.4, -0.2) is 49.8 Å². The van der Waals surface area contributed by atoms with E-state index in [9.17, 15) is 13.6 Å². The lowest BCUT2D eigenvalue weighted by Gasteiger charge is -2.22. The summed E-state index contributed by atoms with van der Waals surface area (Å²) in [4.78, 5) is 14.3. The number of amides is 1. The Morgan fingerprint density at radius 3 is 2.64 bits per heavy atom. The molecule has 7 heteroatoms. The first-order chi connectivity index (χ1) is 10.3. The van der Waals surface area contributed by atoms with Crippen molar-refractivity contribution in [2.24, 2.45) is 0 Å². The minimum absolute atomic E-state index is 0.137. The molecule has 0 N–H and O–H groups in total. The maximum absolute atomic E-state index is 12.6. The summed E-state index contributed by atoms with van der Waals surface area (Å²) >= 11 is 4.83. The number of rotatable bonds is 8. The number of thioether (sulfide) groups is 1. The van der Waals surface area contributed by atoms with Gasteiger partial charge in [-0.05, 0) is 37.1 Å². The number of carbonyl (C=O) groups is 1. The van der Waals surface area contributed by atoms with Gasteiger partial charge < -0.3 is 9.64 Å². The quantitative estimate of drug-likeness (QED) is 0.625. The van der Waals surface area contributed by atoms with E-state index in [2.05, 4.69) is 15.9 Å². The number of carbonyl (C=O) groups excluding carboxylic acids is 1. The van der Waals surface area contributed by atoms with Gasteiger partial charge in [0.15, 0.2) is 0 Å². The third-order valence-corrected chi connectivity index (χ3v) is 5.08. The molecular weight excluding hydrogens is 376 g/mol. The Kier molecular flexibility index (Phi) is 8.35. The van der Waals surface area contributed by atoms with Crippen LogP contribution in [0, 0.1) is 13.8 Å². The minimum atomic E-state index is -2.54. The largest absolute Gasteiger partial charge is 0.383 e. The fourth-order valence-corrected chi connectivity index (χ4v) is 3.29. The van der Waals surface area contributed by atoms with Crippen molar-refractivity contribution in [2.45, 2.75) is 25.2 Å². The van der Waals surface area contributed by atoms with Crippen LogP contribution in [-0.2, 0) is 9.53 Å². The number of hydrogen-bond acceptors (Lipinski definition) is 3. The minimum Gasteiger partial charge on any atom is -0.383 e. The summed E-state index contributed by atoms with van der Waals surface area (Å²) in [6.45, 7) is 3.80. The zero-order valence-corrected chi connectivity index (χ0v) is 15.3. The van der Waals surface area contributed by atoms with E-state index in [0.717, 1.165) is 25.4 Å². The highest BCUT2D eigenvalue weighted by Gasteiger charge is 2.18. The number of benzene rings is 1. The van der Waals surface area contributed by atoms with Gasteiger partial charge in [0.2, 0.25) is 5.91 Å². The molecule has 0 aliphatic heterocycles. The number of ether oxygens (including phenoxy) is 1. The van der Waals surface area contributed by atoms with Crippen LogP contribution < -0.4 is 0 Å². The summed E-state index contributed by atoms with van der Waals surface area (Å²) in [7, 11) is 1.48. The molecule has 0 heterocycles. The second-order valence-electron chi connectivity index (χ2n) is 4.88. The number of alkyl halides is 2. The molecular formula is C15H20BrF2NO2S. The predicted molar refractivity (Wildman–Crippen MR) is 88.8 cm³/mol. The average molecular weight is 396 g/mol. The third kappa shape index (κ3) is 6.22. The summed E-state index contributed by atoms with van der Waals surface area (Å²) in [5, 5.41) is 0. The number of methoxy groups -OCH3 is 1. The monoisotopic (exact) mass is 395 g/mol. The molecule has 0 unspecified atom stereocenters. The van der Waals surface area contributed by atoms with Gasteiger partial charge in [-0.2, -0.15) is 0 Å². The van der Waals surface area contributed by atoms with Crippen molar-refractivity contribution in [2.75, 3.05) is 32.6 Å². The van der Waals surface area contributed by atoms with Gasteiger partial charge in [-0.15, -0.1) is 11.8 Å². The maximum Gasteiger partial charge on any atom is 0.255 e. The second kappa shape index (κ2) is 9.47. The lowest BCUT2D eigenvalue weighted by molar-refractivity contribution is -0.130. The van der Waals surface area contributed by atoms with E-state index in [-0.39, 0.29) is 24.8 Å². The smallest absolute Gasteiger partial charge is 0.255 e. The van der Waals surface area contributed by atoms with Gasteiger partial charge in [-0.3, -0.25) is 4.79 Å². The third-order valence-electron chi connectivity index (χ3n) is 3.08. The molecule has 1 aromatic carbocycles. The molecule has 0 saturated carbocycles. The van der Waals surface area contributed by atoms with Crippen molar-refractivity contribution < 1.29 is 18.3 Å². The maximum atomic E-state index is 12.6. The molecule has 0 spiro atoms. The highest BCUT2D eigenvalue weighted by Crippen LogP contribution is 2.28. The topological polar surface area (TPSA) is 29.5 Å². The standard InChI is InChI=1S/C15H20BrF2NO2S/c1-10-7-13(11(2)6-12(10)16)22-9-15(20)19(4-5-21-3)8-14(17)18/h6-7,14H,4-5,8-9H2,1-3H3. The lowest BCUT2D eigenvalue weighted by atomic mass is 10.2. The zero-order chi connectivity index (χ0) is 16.7.